The Hall–Kier alpha value is -0.120. The van der Waals surface area contributed by atoms with Crippen LogP contribution >= 0.6 is 0 Å². The van der Waals surface area contributed by atoms with Crippen LogP contribution < -0.4 is 5.73 Å². The lowest BCUT2D eigenvalue weighted by Gasteiger charge is -2.48. The summed E-state index contributed by atoms with van der Waals surface area (Å²) in [4.78, 5) is 2.73. The largest absolute Gasteiger partial charge is 0.381 e. The SMILES string of the molecule is COC1CCCC(CN)(N2CCCC(C(C)(C)C)CC2)C1. The lowest BCUT2D eigenvalue weighted by Crippen LogP contribution is -2.57. The predicted molar refractivity (Wildman–Crippen MR) is 89.4 cm³/mol. The maximum Gasteiger partial charge on any atom is 0.0589 e. The maximum absolute atomic E-state index is 6.26. The van der Waals surface area contributed by atoms with Gasteiger partial charge in [-0.3, -0.25) is 4.90 Å². The number of ether oxygens (including phenoxy) is 1. The van der Waals surface area contributed by atoms with E-state index in [-0.39, 0.29) is 5.54 Å². The zero-order chi connectivity index (χ0) is 15.5. The Morgan fingerprint density at radius 2 is 1.90 bits per heavy atom. The minimum Gasteiger partial charge on any atom is -0.381 e. The summed E-state index contributed by atoms with van der Waals surface area (Å²) in [5.41, 5.74) is 6.90. The molecular formula is C18H36N2O. The average molecular weight is 296 g/mol. The van der Waals surface area contributed by atoms with E-state index in [9.17, 15) is 0 Å². The molecule has 0 aromatic heterocycles. The van der Waals surface area contributed by atoms with Crippen LogP contribution in [-0.4, -0.2) is 43.3 Å². The van der Waals surface area contributed by atoms with Gasteiger partial charge in [-0.2, -0.15) is 0 Å². The molecule has 0 aromatic carbocycles. The highest BCUT2D eigenvalue weighted by Gasteiger charge is 2.41. The van der Waals surface area contributed by atoms with Gasteiger partial charge in [0.2, 0.25) is 0 Å². The summed E-state index contributed by atoms with van der Waals surface area (Å²) in [6, 6.07) is 0. The van der Waals surface area contributed by atoms with Gasteiger partial charge in [0.15, 0.2) is 0 Å². The topological polar surface area (TPSA) is 38.5 Å². The van der Waals surface area contributed by atoms with Crippen LogP contribution in [0, 0.1) is 11.3 Å². The highest BCUT2D eigenvalue weighted by molar-refractivity contribution is 4.98. The first-order chi connectivity index (χ1) is 9.91. The highest BCUT2D eigenvalue weighted by atomic mass is 16.5. The van der Waals surface area contributed by atoms with E-state index in [0.29, 0.717) is 11.5 Å². The molecule has 0 radical (unpaired) electrons. The molecule has 21 heavy (non-hydrogen) atoms. The first-order valence-corrected chi connectivity index (χ1v) is 8.89. The Morgan fingerprint density at radius 3 is 2.52 bits per heavy atom. The lowest BCUT2D eigenvalue weighted by molar-refractivity contribution is -0.0217. The molecule has 1 aliphatic carbocycles. The molecule has 0 spiro atoms. The van der Waals surface area contributed by atoms with E-state index in [4.69, 9.17) is 10.5 Å². The van der Waals surface area contributed by atoms with Crippen LogP contribution in [0.5, 0.6) is 0 Å². The van der Waals surface area contributed by atoms with Crippen LogP contribution in [0.1, 0.15) is 65.7 Å². The summed E-state index contributed by atoms with van der Waals surface area (Å²) in [7, 11) is 1.86. The minimum absolute atomic E-state index is 0.200. The van der Waals surface area contributed by atoms with Gasteiger partial charge < -0.3 is 10.5 Å². The van der Waals surface area contributed by atoms with Crippen molar-refractivity contribution in [2.24, 2.45) is 17.1 Å². The molecule has 0 aromatic rings. The van der Waals surface area contributed by atoms with Gasteiger partial charge in [0.25, 0.3) is 0 Å². The van der Waals surface area contributed by atoms with Gasteiger partial charge in [-0.05, 0) is 69.4 Å². The molecule has 0 amide bonds. The standard InChI is InChI=1S/C18H36N2O/c1-17(2,3)15-7-6-11-20(12-9-15)18(14-19)10-5-8-16(13-18)21-4/h15-16H,5-14,19H2,1-4H3. The highest BCUT2D eigenvalue weighted by Crippen LogP contribution is 2.39. The second kappa shape index (κ2) is 6.97. The minimum atomic E-state index is 0.200. The van der Waals surface area contributed by atoms with Crippen molar-refractivity contribution in [2.45, 2.75) is 77.4 Å². The Balaban J connectivity index is 2.05. The molecule has 2 N–H and O–H groups in total. The summed E-state index contributed by atoms with van der Waals surface area (Å²) in [6.07, 6.45) is 9.26. The van der Waals surface area contributed by atoms with E-state index in [1.807, 2.05) is 7.11 Å². The number of nitrogens with zero attached hydrogens (tertiary/aromatic N) is 1. The third-order valence-electron chi connectivity index (χ3n) is 6.11. The van der Waals surface area contributed by atoms with E-state index in [0.717, 1.165) is 18.9 Å². The zero-order valence-electron chi connectivity index (χ0n) is 14.7. The molecule has 3 unspecified atom stereocenters. The van der Waals surface area contributed by atoms with Gasteiger partial charge in [-0.15, -0.1) is 0 Å². The van der Waals surface area contributed by atoms with Crippen molar-refractivity contribution < 1.29 is 4.74 Å². The van der Waals surface area contributed by atoms with Crippen molar-refractivity contribution >= 4 is 0 Å². The Labute approximate surface area is 131 Å². The van der Waals surface area contributed by atoms with E-state index in [2.05, 4.69) is 25.7 Å². The van der Waals surface area contributed by atoms with E-state index >= 15 is 0 Å². The number of rotatable bonds is 3. The number of hydrogen-bond donors (Lipinski definition) is 1. The lowest BCUT2D eigenvalue weighted by atomic mass is 9.76. The predicted octanol–water partition coefficient (Wildman–Crippen LogP) is 3.42. The van der Waals surface area contributed by atoms with E-state index in [1.54, 1.807) is 0 Å². The Morgan fingerprint density at radius 1 is 1.14 bits per heavy atom. The average Bonchev–Trinajstić information content (AvgIpc) is 2.73. The molecule has 1 heterocycles. The number of methoxy groups -OCH3 is 1. The third-order valence-corrected chi connectivity index (χ3v) is 6.11. The fraction of sp³-hybridized carbons (Fsp3) is 1.00. The van der Waals surface area contributed by atoms with Crippen molar-refractivity contribution in [2.75, 3.05) is 26.7 Å². The Bertz CT molecular complexity index is 326. The number of hydrogen-bond acceptors (Lipinski definition) is 3. The molecule has 2 rings (SSSR count). The summed E-state index contributed by atoms with van der Waals surface area (Å²) in [5, 5.41) is 0. The van der Waals surface area contributed by atoms with Crippen LogP contribution in [0.2, 0.25) is 0 Å². The molecule has 3 atom stereocenters. The molecule has 2 aliphatic rings. The maximum atomic E-state index is 6.26. The fourth-order valence-corrected chi connectivity index (χ4v) is 4.53. The molecule has 0 bridgehead atoms. The molecule has 2 fully saturated rings. The summed E-state index contributed by atoms with van der Waals surface area (Å²) in [5.74, 6) is 0.846. The second-order valence-electron chi connectivity index (χ2n) is 8.36. The molecular weight excluding hydrogens is 260 g/mol. The summed E-state index contributed by atoms with van der Waals surface area (Å²) >= 11 is 0. The molecule has 124 valence electrons. The van der Waals surface area contributed by atoms with Crippen molar-refractivity contribution in [3.63, 3.8) is 0 Å². The first kappa shape index (κ1) is 17.2. The Kier molecular flexibility index (Phi) is 5.72. The molecule has 1 saturated heterocycles. The van der Waals surface area contributed by atoms with Gasteiger partial charge in [0.1, 0.15) is 0 Å². The smallest absolute Gasteiger partial charge is 0.0589 e. The second-order valence-corrected chi connectivity index (χ2v) is 8.36. The van der Waals surface area contributed by atoms with Crippen LogP contribution in [0.4, 0.5) is 0 Å². The van der Waals surface area contributed by atoms with Gasteiger partial charge in [-0.25, -0.2) is 0 Å². The van der Waals surface area contributed by atoms with Crippen molar-refractivity contribution in [1.82, 2.24) is 4.90 Å². The van der Waals surface area contributed by atoms with Gasteiger partial charge in [0, 0.05) is 19.2 Å². The van der Waals surface area contributed by atoms with Gasteiger partial charge >= 0.3 is 0 Å². The first-order valence-electron chi connectivity index (χ1n) is 8.89. The summed E-state index contributed by atoms with van der Waals surface area (Å²) in [6.45, 7) is 10.4. The molecule has 1 saturated carbocycles. The molecule has 3 heteroatoms. The number of nitrogens with two attached hydrogens (primary N) is 1. The van der Waals surface area contributed by atoms with Crippen molar-refractivity contribution in [1.29, 1.82) is 0 Å². The third kappa shape index (κ3) is 4.00. The number of likely N-dealkylation sites (tertiary alicyclic amines) is 1. The molecule has 1 aliphatic heterocycles. The monoisotopic (exact) mass is 296 g/mol. The van der Waals surface area contributed by atoms with Gasteiger partial charge in [0.05, 0.1) is 6.10 Å². The fourth-order valence-electron chi connectivity index (χ4n) is 4.53. The quantitative estimate of drug-likeness (QED) is 0.867. The van der Waals surface area contributed by atoms with E-state index < -0.39 is 0 Å². The van der Waals surface area contributed by atoms with Crippen LogP contribution in [0.15, 0.2) is 0 Å². The normalized spacial score (nSPS) is 36.4. The van der Waals surface area contributed by atoms with Crippen LogP contribution in [0.3, 0.4) is 0 Å². The van der Waals surface area contributed by atoms with Crippen LogP contribution in [0.25, 0.3) is 0 Å². The zero-order valence-corrected chi connectivity index (χ0v) is 14.7. The van der Waals surface area contributed by atoms with Crippen LogP contribution in [-0.2, 0) is 4.74 Å². The molecule has 3 nitrogen and oxygen atoms in total. The van der Waals surface area contributed by atoms with E-state index in [1.165, 1.54) is 51.6 Å². The summed E-state index contributed by atoms with van der Waals surface area (Å²) < 4.78 is 5.66. The van der Waals surface area contributed by atoms with Gasteiger partial charge in [-0.1, -0.05) is 20.8 Å². The van der Waals surface area contributed by atoms with Crippen molar-refractivity contribution in [3.05, 3.63) is 0 Å². The van der Waals surface area contributed by atoms with Crippen molar-refractivity contribution in [3.8, 4) is 0 Å².